The highest BCUT2D eigenvalue weighted by atomic mass is 35.5. The van der Waals surface area contributed by atoms with Crippen LogP contribution < -0.4 is 0 Å². The van der Waals surface area contributed by atoms with Crippen molar-refractivity contribution in [1.82, 2.24) is 29.9 Å². The van der Waals surface area contributed by atoms with Gasteiger partial charge in [-0.25, -0.2) is 4.98 Å². The minimum Gasteiger partial charge on any atom is -0.336 e. The number of aryl methyl sites for hydroxylation is 2. The molecule has 6 nitrogen and oxygen atoms in total. The molecule has 3 heterocycles. The average molecular weight is 405 g/mol. The van der Waals surface area contributed by atoms with Gasteiger partial charge in [0, 0.05) is 35.4 Å². The first-order valence-corrected chi connectivity index (χ1v) is 10.2. The van der Waals surface area contributed by atoms with Crippen molar-refractivity contribution in [2.75, 3.05) is 0 Å². The van der Waals surface area contributed by atoms with Crippen LogP contribution in [-0.2, 0) is 13.0 Å². The Morgan fingerprint density at radius 2 is 2.10 bits per heavy atom. The molecule has 0 amide bonds. The Morgan fingerprint density at radius 1 is 1.17 bits per heavy atom. The fraction of sp³-hybridized carbons (Fsp3) is 0.273. The molecule has 146 valence electrons. The van der Waals surface area contributed by atoms with Gasteiger partial charge in [0.05, 0.1) is 17.7 Å². The number of nitrogens with zero attached hydrogens (tertiary/aromatic N) is 5. The molecule has 3 aromatic heterocycles. The van der Waals surface area contributed by atoms with Crippen molar-refractivity contribution < 1.29 is 0 Å². The largest absolute Gasteiger partial charge is 0.336 e. The van der Waals surface area contributed by atoms with Crippen molar-refractivity contribution in [3.05, 3.63) is 70.9 Å². The van der Waals surface area contributed by atoms with Crippen LogP contribution in [-0.4, -0.2) is 29.9 Å². The first-order chi connectivity index (χ1) is 14.2. The second kappa shape index (κ2) is 7.44. The lowest BCUT2D eigenvalue weighted by Crippen LogP contribution is -2.15. The van der Waals surface area contributed by atoms with E-state index in [4.69, 9.17) is 11.6 Å². The SMILES string of the molecule is Cc1n[nH]nc1-c1ccnc(-c2cn(C[C@@H]3CCCc4cccc(Cl)c43)cn2)c1. The summed E-state index contributed by atoms with van der Waals surface area (Å²) < 4.78 is 2.15. The number of fused-ring (bicyclic) bond motifs is 1. The van der Waals surface area contributed by atoms with Crippen molar-refractivity contribution in [2.24, 2.45) is 0 Å². The zero-order valence-corrected chi connectivity index (χ0v) is 16.9. The fourth-order valence-electron chi connectivity index (χ4n) is 4.24. The molecule has 0 fully saturated rings. The van der Waals surface area contributed by atoms with Crippen LogP contribution in [0.15, 0.2) is 49.1 Å². The van der Waals surface area contributed by atoms with Crippen LogP contribution in [0.3, 0.4) is 0 Å². The maximum atomic E-state index is 6.53. The Hall–Kier alpha value is -2.99. The van der Waals surface area contributed by atoms with E-state index < -0.39 is 0 Å². The Kier molecular flexibility index (Phi) is 4.64. The highest BCUT2D eigenvalue weighted by Crippen LogP contribution is 2.37. The lowest BCUT2D eigenvalue weighted by atomic mass is 9.82. The van der Waals surface area contributed by atoms with E-state index in [1.165, 1.54) is 17.5 Å². The smallest absolute Gasteiger partial charge is 0.115 e. The van der Waals surface area contributed by atoms with Crippen LogP contribution in [0, 0.1) is 6.92 Å². The normalized spacial score (nSPS) is 16.0. The van der Waals surface area contributed by atoms with Crippen LogP contribution in [0.2, 0.25) is 5.02 Å². The van der Waals surface area contributed by atoms with Gasteiger partial charge in [-0.05, 0) is 55.5 Å². The van der Waals surface area contributed by atoms with Crippen molar-refractivity contribution in [2.45, 2.75) is 38.6 Å². The number of H-pyrrole nitrogens is 1. The molecule has 1 atom stereocenters. The summed E-state index contributed by atoms with van der Waals surface area (Å²) >= 11 is 6.53. The Bertz CT molecular complexity index is 1160. The summed E-state index contributed by atoms with van der Waals surface area (Å²) in [6.45, 7) is 2.80. The monoisotopic (exact) mass is 404 g/mol. The lowest BCUT2D eigenvalue weighted by Gasteiger charge is -2.26. The van der Waals surface area contributed by atoms with E-state index in [1.807, 2.05) is 37.5 Å². The zero-order valence-electron chi connectivity index (χ0n) is 16.1. The summed E-state index contributed by atoms with van der Waals surface area (Å²) in [5, 5.41) is 11.9. The van der Waals surface area contributed by atoms with Crippen LogP contribution >= 0.6 is 11.6 Å². The van der Waals surface area contributed by atoms with Gasteiger partial charge in [0.25, 0.3) is 0 Å². The van der Waals surface area contributed by atoms with Crippen LogP contribution in [0.25, 0.3) is 22.6 Å². The maximum Gasteiger partial charge on any atom is 0.115 e. The van der Waals surface area contributed by atoms with E-state index >= 15 is 0 Å². The molecule has 7 heteroatoms. The molecular formula is C22H21ClN6. The molecule has 0 saturated heterocycles. The second-order valence-electron chi connectivity index (χ2n) is 7.54. The number of aromatic nitrogens is 6. The number of halogens is 1. The number of benzene rings is 1. The summed E-state index contributed by atoms with van der Waals surface area (Å²) in [4.78, 5) is 9.10. The van der Waals surface area contributed by atoms with E-state index in [0.29, 0.717) is 5.92 Å². The summed E-state index contributed by atoms with van der Waals surface area (Å²) in [6.07, 6.45) is 9.18. The molecule has 4 aromatic rings. The molecule has 0 unspecified atom stereocenters. The number of pyridine rings is 1. The highest BCUT2D eigenvalue weighted by Gasteiger charge is 2.23. The second-order valence-corrected chi connectivity index (χ2v) is 7.95. The van der Waals surface area contributed by atoms with E-state index in [9.17, 15) is 0 Å². The number of aromatic amines is 1. The quantitative estimate of drug-likeness (QED) is 0.529. The first kappa shape index (κ1) is 18.1. The predicted octanol–water partition coefficient (Wildman–Crippen LogP) is 4.81. The van der Waals surface area contributed by atoms with Gasteiger partial charge < -0.3 is 4.57 Å². The van der Waals surface area contributed by atoms with Crippen LogP contribution in [0.1, 0.15) is 35.6 Å². The Morgan fingerprint density at radius 3 is 2.97 bits per heavy atom. The third-order valence-electron chi connectivity index (χ3n) is 5.63. The van der Waals surface area contributed by atoms with Gasteiger partial charge in [-0.1, -0.05) is 23.7 Å². The Balaban J connectivity index is 1.41. The minimum absolute atomic E-state index is 0.409. The molecule has 1 N–H and O–H groups in total. The van der Waals surface area contributed by atoms with E-state index in [1.54, 1.807) is 6.20 Å². The molecular weight excluding hydrogens is 384 g/mol. The fourth-order valence-corrected chi connectivity index (χ4v) is 4.59. The average Bonchev–Trinajstić information content (AvgIpc) is 3.37. The van der Waals surface area contributed by atoms with Gasteiger partial charge in [-0.3, -0.25) is 4.98 Å². The summed E-state index contributed by atoms with van der Waals surface area (Å²) in [7, 11) is 0. The van der Waals surface area contributed by atoms with Gasteiger partial charge in [-0.15, -0.1) is 0 Å². The summed E-state index contributed by atoms with van der Waals surface area (Å²) in [5.41, 5.74) is 7.03. The van der Waals surface area contributed by atoms with Crippen LogP contribution in [0.4, 0.5) is 0 Å². The maximum absolute atomic E-state index is 6.53. The number of nitrogens with one attached hydrogen (secondary N) is 1. The third kappa shape index (κ3) is 3.44. The molecule has 5 rings (SSSR count). The number of imidazole rings is 1. The first-order valence-electron chi connectivity index (χ1n) is 9.82. The van der Waals surface area contributed by atoms with Gasteiger partial charge >= 0.3 is 0 Å². The van der Waals surface area contributed by atoms with Crippen molar-refractivity contribution in [1.29, 1.82) is 0 Å². The molecule has 1 aliphatic rings. The standard InChI is InChI=1S/C22H21ClN6/c1-14-22(27-28-26-14)16-8-9-24-19(10-16)20-12-29(13-25-20)11-17-6-2-4-15-5-3-7-18(23)21(15)17/h3,5,7-10,12-13,17H,2,4,6,11H2,1H3,(H,26,27,28)/t17-/m0/s1. The molecule has 0 aliphatic heterocycles. The highest BCUT2D eigenvalue weighted by molar-refractivity contribution is 6.31. The molecule has 0 spiro atoms. The van der Waals surface area contributed by atoms with Gasteiger partial charge in [0.2, 0.25) is 0 Å². The van der Waals surface area contributed by atoms with Crippen molar-refractivity contribution in [3.63, 3.8) is 0 Å². The van der Waals surface area contributed by atoms with E-state index in [-0.39, 0.29) is 0 Å². The zero-order chi connectivity index (χ0) is 19.8. The van der Waals surface area contributed by atoms with Gasteiger partial charge in [0.15, 0.2) is 0 Å². The molecule has 0 saturated carbocycles. The molecule has 1 aliphatic carbocycles. The summed E-state index contributed by atoms with van der Waals surface area (Å²) in [6, 6.07) is 10.2. The number of hydrogen-bond donors (Lipinski definition) is 1. The minimum atomic E-state index is 0.409. The third-order valence-corrected chi connectivity index (χ3v) is 5.96. The Labute approximate surface area is 174 Å². The summed E-state index contributed by atoms with van der Waals surface area (Å²) in [5.74, 6) is 0.409. The van der Waals surface area contributed by atoms with E-state index in [2.05, 4.69) is 42.2 Å². The number of hydrogen-bond acceptors (Lipinski definition) is 4. The van der Waals surface area contributed by atoms with Crippen molar-refractivity contribution >= 4 is 11.6 Å². The van der Waals surface area contributed by atoms with Gasteiger partial charge in [0.1, 0.15) is 11.4 Å². The number of rotatable bonds is 4. The predicted molar refractivity (Wildman–Crippen MR) is 113 cm³/mol. The molecule has 0 bridgehead atoms. The van der Waals surface area contributed by atoms with Crippen molar-refractivity contribution in [3.8, 4) is 22.6 Å². The molecule has 0 radical (unpaired) electrons. The molecule has 1 aromatic carbocycles. The van der Waals surface area contributed by atoms with E-state index in [0.717, 1.165) is 52.7 Å². The van der Waals surface area contributed by atoms with Crippen LogP contribution in [0.5, 0.6) is 0 Å². The molecule has 29 heavy (non-hydrogen) atoms. The topological polar surface area (TPSA) is 72.3 Å². The lowest BCUT2D eigenvalue weighted by molar-refractivity contribution is 0.483. The van der Waals surface area contributed by atoms with Gasteiger partial charge in [-0.2, -0.15) is 15.4 Å².